The van der Waals surface area contributed by atoms with Crippen LogP contribution in [0.1, 0.15) is 58.3 Å². The van der Waals surface area contributed by atoms with Gasteiger partial charge in [-0.2, -0.15) is 0 Å². The Hall–Kier alpha value is -0.570. The average molecular weight is 252 g/mol. The molecule has 1 aliphatic heterocycles. The molecule has 0 unspecified atom stereocenters. The van der Waals surface area contributed by atoms with Gasteiger partial charge in [-0.25, -0.2) is 0 Å². The van der Waals surface area contributed by atoms with E-state index in [1.54, 1.807) is 0 Å². The number of hydrogen-bond donors (Lipinski definition) is 2. The third-order valence-electron chi connectivity index (χ3n) is 4.69. The standard InChI is InChI=1S/C15H28N2O/c1-12(13-6-4-2-3-5-7-13)17-15(18)14-8-10-16-11-9-14/h12-14,16H,2-11H2,1H3,(H,17,18)/t12-/m1/s1. The van der Waals surface area contributed by atoms with Crippen LogP contribution >= 0.6 is 0 Å². The average Bonchev–Trinajstić information content (AvgIpc) is 2.68. The van der Waals surface area contributed by atoms with Crippen molar-refractivity contribution < 1.29 is 4.79 Å². The normalized spacial score (nSPS) is 25.4. The highest BCUT2D eigenvalue weighted by Crippen LogP contribution is 2.25. The molecule has 0 radical (unpaired) electrons. The highest BCUT2D eigenvalue weighted by Gasteiger charge is 2.25. The Morgan fingerprint density at radius 2 is 1.67 bits per heavy atom. The zero-order valence-electron chi connectivity index (χ0n) is 11.7. The van der Waals surface area contributed by atoms with Gasteiger partial charge in [-0.15, -0.1) is 0 Å². The van der Waals surface area contributed by atoms with Crippen LogP contribution < -0.4 is 10.6 Å². The lowest BCUT2D eigenvalue weighted by molar-refractivity contribution is -0.126. The van der Waals surface area contributed by atoms with Gasteiger partial charge in [-0.05, 0) is 51.6 Å². The van der Waals surface area contributed by atoms with Gasteiger partial charge in [0.25, 0.3) is 0 Å². The minimum absolute atomic E-state index is 0.250. The molecule has 1 atom stereocenters. The molecule has 104 valence electrons. The van der Waals surface area contributed by atoms with Crippen molar-refractivity contribution in [3.63, 3.8) is 0 Å². The molecule has 1 aliphatic carbocycles. The van der Waals surface area contributed by atoms with Crippen molar-refractivity contribution in [2.75, 3.05) is 13.1 Å². The van der Waals surface area contributed by atoms with Crippen molar-refractivity contribution in [3.05, 3.63) is 0 Å². The van der Waals surface area contributed by atoms with Crippen molar-refractivity contribution in [1.82, 2.24) is 10.6 Å². The summed E-state index contributed by atoms with van der Waals surface area (Å²) in [6.45, 7) is 4.20. The maximum atomic E-state index is 12.2. The number of rotatable bonds is 3. The molecule has 18 heavy (non-hydrogen) atoms. The zero-order valence-corrected chi connectivity index (χ0v) is 11.7. The molecule has 0 aromatic carbocycles. The van der Waals surface area contributed by atoms with Crippen LogP contribution in [0.5, 0.6) is 0 Å². The number of piperidine rings is 1. The van der Waals surface area contributed by atoms with Gasteiger partial charge < -0.3 is 10.6 Å². The summed E-state index contributed by atoms with van der Waals surface area (Å²) in [5, 5.41) is 6.59. The van der Waals surface area contributed by atoms with Crippen LogP contribution in [0.4, 0.5) is 0 Å². The third kappa shape index (κ3) is 3.98. The molecule has 1 saturated heterocycles. The van der Waals surface area contributed by atoms with Crippen molar-refractivity contribution in [1.29, 1.82) is 0 Å². The first-order chi connectivity index (χ1) is 8.77. The van der Waals surface area contributed by atoms with E-state index in [-0.39, 0.29) is 5.92 Å². The topological polar surface area (TPSA) is 41.1 Å². The molecule has 3 heteroatoms. The maximum Gasteiger partial charge on any atom is 0.223 e. The molecule has 2 aliphatic rings. The number of carbonyl (C=O) groups is 1. The Kier molecular flexibility index (Phi) is 5.48. The lowest BCUT2D eigenvalue weighted by Gasteiger charge is -2.27. The van der Waals surface area contributed by atoms with Crippen LogP contribution in [0, 0.1) is 11.8 Å². The fourth-order valence-corrected chi connectivity index (χ4v) is 3.36. The first-order valence-corrected chi connectivity index (χ1v) is 7.78. The summed E-state index contributed by atoms with van der Waals surface area (Å²) in [6, 6.07) is 0.366. The molecule has 3 nitrogen and oxygen atoms in total. The van der Waals surface area contributed by atoms with Crippen LogP contribution in [0.3, 0.4) is 0 Å². The zero-order chi connectivity index (χ0) is 12.8. The van der Waals surface area contributed by atoms with E-state index in [0.717, 1.165) is 25.9 Å². The van der Waals surface area contributed by atoms with Crippen molar-refractivity contribution in [3.8, 4) is 0 Å². The van der Waals surface area contributed by atoms with Crippen LogP contribution in [0.25, 0.3) is 0 Å². The van der Waals surface area contributed by atoms with Gasteiger partial charge in [-0.1, -0.05) is 25.7 Å². The number of nitrogens with one attached hydrogen (secondary N) is 2. The summed E-state index contributed by atoms with van der Waals surface area (Å²) in [5.41, 5.74) is 0. The van der Waals surface area contributed by atoms with E-state index in [1.165, 1.54) is 38.5 Å². The Balaban J connectivity index is 1.77. The van der Waals surface area contributed by atoms with Crippen molar-refractivity contribution in [2.45, 2.75) is 64.3 Å². The summed E-state index contributed by atoms with van der Waals surface area (Å²) in [7, 11) is 0. The molecule has 0 spiro atoms. The minimum atomic E-state index is 0.250. The molecule has 1 heterocycles. The number of carbonyl (C=O) groups excluding carboxylic acids is 1. The van der Waals surface area contributed by atoms with Gasteiger partial charge in [-0.3, -0.25) is 4.79 Å². The summed E-state index contributed by atoms with van der Waals surface area (Å²) in [4.78, 5) is 12.2. The predicted molar refractivity (Wildman–Crippen MR) is 74.4 cm³/mol. The molecule has 0 aromatic heterocycles. The second-order valence-corrected chi connectivity index (χ2v) is 6.07. The number of hydrogen-bond acceptors (Lipinski definition) is 2. The molecular weight excluding hydrogens is 224 g/mol. The fraction of sp³-hybridized carbons (Fsp3) is 0.933. The Bertz CT molecular complexity index is 253. The van der Waals surface area contributed by atoms with Gasteiger partial charge in [0.1, 0.15) is 0 Å². The van der Waals surface area contributed by atoms with Crippen LogP contribution in [-0.4, -0.2) is 25.0 Å². The number of amides is 1. The highest BCUT2D eigenvalue weighted by molar-refractivity contribution is 5.79. The maximum absolute atomic E-state index is 12.2. The monoisotopic (exact) mass is 252 g/mol. The van der Waals surface area contributed by atoms with Gasteiger partial charge in [0.2, 0.25) is 5.91 Å². The summed E-state index contributed by atoms with van der Waals surface area (Å²) in [6.07, 6.45) is 10.1. The molecule has 0 bridgehead atoms. The SMILES string of the molecule is C[C@@H](NC(=O)C1CCNCC1)C1CCCCCC1. The Labute approximate surface area is 111 Å². The second kappa shape index (κ2) is 7.13. The largest absolute Gasteiger partial charge is 0.353 e. The minimum Gasteiger partial charge on any atom is -0.353 e. The first-order valence-electron chi connectivity index (χ1n) is 7.78. The van der Waals surface area contributed by atoms with E-state index in [0.29, 0.717) is 17.9 Å². The van der Waals surface area contributed by atoms with Crippen LogP contribution in [0.15, 0.2) is 0 Å². The molecule has 2 fully saturated rings. The van der Waals surface area contributed by atoms with Gasteiger partial charge in [0, 0.05) is 12.0 Å². The molecular formula is C15H28N2O. The molecule has 2 rings (SSSR count). The summed E-state index contributed by atoms with van der Waals surface area (Å²) < 4.78 is 0. The van der Waals surface area contributed by atoms with Crippen LogP contribution in [-0.2, 0) is 4.79 Å². The lowest BCUT2D eigenvalue weighted by Crippen LogP contribution is -2.44. The lowest BCUT2D eigenvalue weighted by atomic mass is 9.91. The van der Waals surface area contributed by atoms with Crippen LogP contribution in [0.2, 0.25) is 0 Å². The third-order valence-corrected chi connectivity index (χ3v) is 4.69. The van der Waals surface area contributed by atoms with Gasteiger partial charge in [0.15, 0.2) is 0 Å². The van der Waals surface area contributed by atoms with Crippen molar-refractivity contribution in [2.24, 2.45) is 11.8 Å². The van der Waals surface area contributed by atoms with Gasteiger partial charge >= 0.3 is 0 Å². The smallest absolute Gasteiger partial charge is 0.223 e. The highest BCUT2D eigenvalue weighted by atomic mass is 16.1. The second-order valence-electron chi connectivity index (χ2n) is 6.07. The van der Waals surface area contributed by atoms with E-state index < -0.39 is 0 Å². The van der Waals surface area contributed by atoms with E-state index in [2.05, 4.69) is 17.6 Å². The summed E-state index contributed by atoms with van der Waals surface area (Å²) >= 11 is 0. The van der Waals surface area contributed by atoms with E-state index in [1.807, 2.05) is 0 Å². The quantitative estimate of drug-likeness (QED) is 0.758. The molecule has 1 saturated carbocycles. The predicted octanol–water partition coefficient (Wildman–Crippen LogP) is 2.46. The fourth-order valence-electron chi connectivity index (χ4n) is 3.36. The van der Waals surface area contributed by atoms with E-state index >= 15 is 0 Å². The van der Waals surface area contributed by atoms with Gasteiger partial charge in [0.05, 0.1) is 0 Å². The molecule has 0 aromatic rings. The van der Waals surface area contributed by atoms with E-state index in [9.17, 15) is 4.79 Å². The molecule has 2 N–H and O–H groups in total. The Morgan fingerprint density at radius 1 is 1.06 bits per heavy atom. The Morgan fingerprint density at radius 3 is 2.28 bits per heavy atom. The van der Waals surface area contributed by atoms with E-state index in [4.69, 9.17) is 0 Å². The summed E-state index contributed by atoms with van der Waals surface area (Å²) in [5.74, 6) is 1.26. The molecule has 1 amide bonds. The van der Waals surface area contributed by atoms with Crippen molar-refractivity contribution >= 4 is 5.91 Å². The first kappa shape index (κ1) is 13.9.